The third kappa shape index (κ3) is 2.36. The highest BCUT2D eigenvalue weighted by Gasteiger charge is 2.26. The molecular formula is C15H18N2O. The van der Waals surface area contributed by atoms with Gasteiger partial charge in [-0.25, -0.2) is 0 Å². The van der Waals surface area contributed by atoms with Crippen LogP contribution in [0.4, 0.5) is 5.69 Å². The number of carbonyl (C=O) groups is 1. The Hall–Kier alpha value is -1.87. The zero-order valence-corrected chi connectivity index (χ0v) is 10.7. The van der Waals surface area contributed by atoms with Crippen molar-refractivity contribution in [2.75, 3.05) is 5.32 Å². The molecule has 0 spiro atoms. The van der Waals surface area contributed by atoms with Crippen LogP contribution in [0.1, 0.15) is 20.3 Å². The minimum Gasteiger partial charge on any atom is -0.324 e. The summed E-state index contributed by atoms with van der Waals surface area (Å²) in [5, 5.41) is 5.04. The molecule has 2 aromatic carbocycles. The minimum atomic E-state index is -0.836. The Morgan fingerprint density at radius 2 is 1.89 bits per heavy atom. The van der Waals surface area contributed by atoms with Gasteiger partial charge in [0.25, 0.3) is 0 Å². The predicted octanol–water partition coefficient (Wildman–Crippen LogP) is 2.91. The van der Waals surface area contributed by atoms with Gasteiger partial charge in [-0.1, -0.05) is 43.3 Å². The lowest BCUT2D eigenvalue weighted by molar-refractivity contribution is -0.120. The summed E-state index contributed by atoms with van der Waals surface area (Å²) in [6.07, 6.45) is 0.601. The first-order valence-electron chi connectivity index (χ1n) is 6.12. The van der Waals surface area contributed by atoms with Gasteiger partial charge in [-0.05, 0) is 24.8 Å². The van der Waals surface area contributed by atoms with E-state index in [0.29, 0.717) is 6.42 Å². The zero-order valence-electron chi connectivity index (χ0n) is 10.7. The van der Waals surface area contributed by atoms with Gasteiger partial charge in [0.1, 0.15) is 0 Å². The number of hydrogen-bond acceptors (Lipinski definition) is 2. The van der Waals surface area contributed by atoms with Crippen LogP contribution in [0, 0.1) is 0 Å². The van der Waals surface area contributed by atoms with Gasteiger partial charge >= 0.3 is 0 Å². The summed E-state index contributed by atoms with van der Waals surface area (Å²) in [5.41, 5.74) is 5.91. The maximum absolute atomic E-state index is 12.1. The lowest BCUT2D eigenvalue weighted by atomic mass is 9.99. The molecule has 94 valence electrons. The van der Waals surface area contributed by atoms with Crippen molar-refractivity contribution in [1.82, 2.24) is 0 Å². The molecule has 0 heterocycles. The minimum absolute atomic E-state index is 0.152. The standard InChI is InChI=1S/C15H18N2O/c1-3-15(2,16)14(18)17-13-10-6-8-11-7-4-5-9-12(11)13/h4-10H,3,16H2,1-2H3,(H,17,18). The first-order chi connectivity index (χ1) is 8.54. The molecule has 0 aliphatic carbocycles. The van der Waals surface area contributed by atoms with Crippen molar-refractivity contribution >= 4 is 22.4 Å². The lowest BCUT2D eigenvalue weighted by Gasteiger charge is -2.22. The van der Waals surface area contributed by atoms with E-state index in [0.717, 1.165) is 16.5 Å². The van der Waals surface area contributed by atoms with Crippen LogP contribution in [0.2, 0.25) is 0 Å². The fourth-order valence-electron chi connectivity index (χ4n) is 1.76. The molecule has 0 fully saturated rings. The molecule has 1 atom stereocenters. The van der Waals surface area contributed by atoms with Crippen LogP contribution in [0.15, 0.2) is 42.5 Å². The number of anilines is 1. The Bertz CT molecular complexity index is 570. The molecule has 0 aliphatic heterocycles. The summed E-state index contributed by atoms with van der Waals surface area (Å²) in [6, 6.07) is 13.8. The number of hydrogen-bond donors (Lipinski definition) is 2. The zero-order chi connectivity index (χ0) is 13.2. The van der Waals surface area contributed by atoms with E-state index in [4.69, 9.17) is 5.73 Å². The third-order valence-corrected chi connectivity index (χ3v) is 3.29. The molecule has 1 unspecified atom stereocenters. The molecule has 0 aromatic heterocycles. The lowest BCUT2D eigenvalue weighted by Crippen LogP contribution is -2.47. The number of amides is 1. The average Bonchev–Trinajstić information content (AvgIpc) is 2.39. The number of carbonyl (C=O) groups excluding carboxylic acids is 1. The van der Waals surface area contributed by atoms with Gasteiger partial charge in [-0.3, -0.25) is 4.79 Å². The highest BCUT2D eigenvalue weighted by Crippen LogP contribution is 2.23. The molecule has 0 saturated heterocycles. The Morgan fingerprint density at radius 1 is 1.22 bits per heavy atom. The summed E-state index contributed by atoms with van der Waals surface area (Å²) in [5.74, 6) is -0.152. The van der Waals surface area contributed by atoms with Crippen LogP contribution >= 0.6 is 0 Å². The molecule has 3 N–H and O–H groups in total. The second-order valence-corrected chi connectivity index (χ2v) is 4.75. The van der Waals surface area contributed by atoms with Gasteiger partial charge in [0.2, 0.25) is 5.91 Å². The van der Waals surface area contributed by atoms with Crippen molar-refractivity contribution in [1.29, 1.82) is 0 Å². The van der Waals surface area contributed by atoms with Crippen LogP contribution in [0.3, 0.4) is 0 Å². The number of fused-ring (bicyclic) bond motifs is 1. The molecule has 0 saturated carbocycles. The maximum Gasteiger partial charge on any atom is 0.244 e. The molecule has 0 aliphatic rings. The van der Waals surface area contributed by atoms with Gasteiger partial charge in [-0.2, -0.15) is 0 Å². The smallest absolute Gasteiger partial charge is 0.244 e. The Kier molecular flexibility index (Phi) is 3.34. The van der Waals surface area contributed by atoms with E-state index in [1.165, 1.54) is 0 Å². The fraction of sp³-hybridized carbons (Fsp3) is 0.267. The maximum atomic E-state index is 12.1. The summed E-state index contributed by atoms with van der Waals surface area (Å²) < 4.78 is 0. The van der Waals surface area contributed by atoms with Crippen molar-refractivity contribution in [3.63, 3.8) is 0 Å². The number of rotatable bonds is 3. The van der Waals surface area contributed by atoms with E-state index in [1.54, 1.807) is 6.92 Å². The summed E-state index contributed by atoms with van der Waals surface area (Å²) in [4.78, 5) is 12.1. The van der Waals surface area contributed by atoms with Gasteiger partial charge in [0, 0.05) is 11.1 Å². The molecule has 1 amide bonds. The van der Waals surface area contributed by atoms with Crippen LogP contribution < -0.4 is 11.1 Å². The van der Waals surface area contributed by atoms with E-state index in [1.807, 2.05) is 49.4 Å². The predicted molar refractivity (Wildman–Crippen MR) is 75.5 cm³/mol. The summed E-state index contributed by atoms with van der Waals surface area (Å²) in [7, 11) is 0. The van der Waals surface area contributed by atoms with Crippen molar-refractivity contribution < 1.29 is 4.79 Å². The topological polar surface area (TPSA) is 55.1 Å². The molecule has 18 heavy (non-hydrogen) atoms. The largest absolute Gasteiger partial charge is 0.324 e. The molecule has 2 aromatic rings. The van der Waals surface area contributed by atoms with Gasteiger partial charge in [0.15, 0.2) is 0 Å². The highest BCUT2D eigenvalue weighted by atomic mass is 16.2. The van der Waals surface area contributed by atoms with Gasteiger partial charge in [0.05, 0.1) is 5.54 Å². The average molecular weight is 242 g/mol. The molecular weight excluding hydrogens is 224 g/mol. The van der Waals surface area contributed by atoms with E-state index < -0.39 is 5.54 Å². The summed E-state index contributed by atoms with van der Waals surface area (Å²) in [6.45, 7) is 3.65. The second-order valence-electron chi connectivity index (χ2n) is 4.75. The van der Waals surface area contributed by atoms with Crippen LogP contribution in [-0.4, -0.2) is 11.4 Å². The number of benzene rings is 2. The van der Waals surface area contributed by atoms with Crippen LogP contribution in [-0.2, 0) is 4.79 Å². The Morgan fingerprint density at radius 3 is 2.61 bits per heavy atom. The normalized spacial score (nSPS) is 14.2. The molecule has 3 heteroatoms. The Balaban J connectivity index is 2.36. The van der Waals surface area contributed by atoms with Crippen LogP contribution in [0.25, 0.3) is 10.8 Å². The van der Waals surface area contributed by atoms with Crippen molar-refractivity contribution in [3.05, 3.63) is 42.5 Å². The number of nitrogens with two attached hydrogens (primary N) is 1. The molecule has 0 bridgehead atoms. The third-order valence-electron chi connectivity index (χ3n) is 3.29. The van der Waals surface area contributed by atoms with E-state index in [9.17, 15) is 4.79 Å². The summed E-state index contributed by atoms with van der Waals surface area (Å²) >= 11 is 0. The second kappa shape index (κ2) is 4.78. The fourth-order valence-corrected chi connectivity index (χ4v) is 1.76. The first-order valence-corrected chi connectivity index (χ1v) is 6.12. The monoisotopic (exact) mass is 242 g/mol. The van der Waals surface area contributed by atoms with Gasteiger partial charge < -0.3 is 11.1 Å². The highest BCUT2D eigenvalue weighted by molar-refractivity contribution is 6.05. The quantitative estimate of drug-likeness (QED) is 0.869. The van der Waals surface area contributed by atoms with Crippen molar-refractivity contribution in [2.24, 2.45) is 5.73 Å². The van der Waals surface area contributed by atoms with Crippen molar-refractivity contribution in [3.8, 4) is 0 Å². The van der Waals surface area contributed by atoms with E-state index in [-0.39, 0.29) is 5.91 Å². The SMILES string of the molecule is CCC(C)(N)C(=O)Nc1cccc2ccccc12. The Labute approximate surface area is 107 Å². The molecule has 2 rings (SSSR count). The van der Waals surface area contributed by atoms with E-state index in [2.05, 4.69) is 5.32 Å². The van der Waals surface area contributed by atoms with E-state index >= 15 is 0 Å². The number of nitrogens with one attached hydrogen (secondary N) is 1. The molecule has 3 nitrogen and oxygen atoms in total. The van der Waals surface area contributed by atoms with Crippen LogP contribution in [0.5, 0.6) is 0 Å². The van der Waals surface area contributed by atoms with Gasteiger partial charge in [-0.15, -0.1) is 0 Å². The first kappa shape index (κ1) is 12.6. The molecule has 0 radical (unpaired) electrons. The van der Waals surface area contributed by atoms with Crippen molar-refractivity contribution in [2.45, 2.75) is 25.8 Å².